The lowest BCUT2D eigenvalue weighted by Gasteiger charge is -2.29. The van der Waals surface area contributed by atoms with Crippen LogP contribution in [-0.4, -0.2) is 16.9 Å². The van der Waals surface area contributed by atoms with Crippen LogP contribution in [-0.2, 0) is 17.1 Å². The first kappa shape index (κ1) is 29.2. The van der Waals surface area contributed by atoms with Crippen LogP contribution in [0.3, 0.4) is 0 Å². The first-order chi connectivity index (χ1) is 19.3. The van der Waals surface area contributed by atoms with Gasteiger partial charge in [0.05, 0.1) is 34.4 Å². The molecule has 0 aromatic heterocycles. The van der Waals surface area contributed by atoms with Crippen LogP contribution in [0.15, 0.2) is 84.1 Å². The number of anilines is 1. The zero-order valence-corrected chi connectivity index (χ0v) is 21.0. The molecule has 2 atom stereocenters. The number of aliphatic hydroxyl groups is 1. The number of hydrogen-bond donors (Lipinski definition) is 3. The number of urea groups is 1. The molecule has 0 fully saturated rings. The van der Waals surface area contributed by atoms with Crippen molar-refractivity contribution in [1.29, 1.82) is 5.26 Å². The van der Waals surface area contributed by atoms with Crippen molar-refractivity contribution in [3.05, 3.63) is 112 Å². The highest BCUT2D eigenvalue weighted by molar-refractivity contribution is 6.00. The number of Topliss-reactive ketones (excluding diaryl/α,β-unsaturated/α-hetero) is 1. The van der Waals surface area contributed by atoms with Gasteiger partial charge in [-0.25, -0.2) is 4.79 Å². The van der Waals surface area contributed by atoms with E-state index in [0.29, 0.717) is 11.1 Å². The largest absolute Gasteiger partial charge is 0.512 e. The molecule has 0 saturated heterocycles. The van der Waals surface area contributed by atoms with E-state index in [-0.39, 0.29) is 29.7 Å². The molecule has 212 valence electrons. The summed E-state index contributed by atoms with van der Waals surface area (Å²) in [5.41, 5.74) is -1.23. The van der Waals surface area contributed by atoms with E-state index >= 15 is 0 Å². The van der Waals surface area contributed by atoms with E-state index < -0.39 is 53.0 Å². The zero-order valence-electron chi connectivity index (χ0n) is 21.0. The summed E-state index contributed by atoms with van der Waals surface area (Å²) in [5.74, 6) is -1.62. The lowest BCUT2D eigenvalue weighted by atomic mass is 9.79. The number of hydrogen-bond acceptors (Lipinski definition) is 4. The molecule has 1 aliphatic carbocycles. The third-order valence-corrected chi connectivity index (χ3v) is 6.58. The normalized spacial score (nSPS) is 16.6. The van der Waals surface area contributed by atoms with E-state index in [9.17, 15) is 41.0 Å². The number of allylic oxidation sites excluding steroid dienone is 1. The topological polar surface area (TPSA) is 102 Å². The predicted octanol–water partition coefficient (Wildman–Crippen LogP) is 7.42. The van der Waals surface area contributed by atoms with Gasteiger partial charge in [0.2, 0.25) is 0 Å². The molecular weight excluding hydrogens is 552 g/mol. The molecule has 0 saturated carbocycles. The summed E-state index contributed by atoms with van der Waals surface area (Å²) in [4.78, 5) is 26.2. The van der Waals surface area contributed by atoms with Gasteiger partial charge in [-0.1, -0.05) is 30.3 Å². The standard InChI is InChI=1S/C29H21F6N3O3/c30-28(31,32)20-10-8-17(9-11-20)19-12-23(39)25(24(40)13-19)26(18-6-4-16(15-36)5-7-18)38-27(41)37-22-3-1-2-21(14-22)29(33,34)35/h1-11,14,19,26,39H,12-13H2,(H2,37,38,41). The van der Waals surface area contributed by atoms with Crippen molar-refractivity contribution in [2.24, 2.45) is 0 Å². The summed E-state index contributed by atoms with van der Waals surface area (Å²) in [6.07, 6.45) is -9.48. The SMILES string of the molecule is N#Cc1ccc(C(NC(=O)Nc2cccc(C(F)(F)F)c2)C2=C(O)CC(c3ccc(C(F)(F)F)cc3)CC2=O)cc1. The molecule has 0 radical (unpaired) electrons. The zero-order chi connectivity index (χ0) is 29.9. The van der Waals surface area contributed by atoms with Crippen LogP contribution in [0.1, 0.15) is 52.6 Å². The number of nitrogens with one attached hydrogen (secondary N) is 2. The lowest BCUT2D eigenvalue weighted by Crippen LogP contribution is -2.37. The molecule has 12 heteroatoms. The predicted molar refractivity (Wildman–Crippen MR) is 136 cm³/mol. The van der Waals surface area contributed by atoms with Crippen molar-refractivity contribution in [1.82, 2.24) is 5.32 Å². The van der Waals surface area contributed by atoms with Gasteiger partial charge in [-0.05, 0) is 59.5 Å². The lowest BCUT2D eigenvalue weighted by molar-refractivity contribution is -0.138. The monoisotopic (exact) mass is 573 g/mol. The molecule has 3 aromatic rings. The molecule has 0 bridgehead atoms. The molecule has 0 spiro atoms. The maximum Gasteiger partial charge on any atom is 0.416 e. The number of rotatable bonds is 5. The number of nitriles is 1. The Morgan fingerprint density at radius 2 is 1.54 bits per heavy atom. The van der Waals surface area contributed by atoms with Crippen molar-refractivity contribution in [2.45, 2.75) is 37.2 Å². The number of alkyl halides is 6. The van der Waals surface area contributed by atoms with E-state index in [1.807, 2.05) is 6.07 Å². The van der Waals surface area contributed by atoms with Gasteiger partial charge in [0.1, 0.15) is 5.76 Å². The third kappa shape index (κ3) is 6.87. The number of amides is 2. The van der Waals surface area contributed by atoms with Crippen molar-refractivity contribution in [3.8, 4) is 6.07 Å². The fourth-order valence-corrected chi connectivity index (χ4v) is 4.56. The molecule has 2 amide bonds. The van der Waals surface area contributed by atoms with Crippen molar-refractivity contribution < 1.29 is 41.0 Å². The van der Waals surface area contributed by atoms with Gasteiger partial charge in [-0.2, -0.15) is 31.6 Å². The fraction of sp³-hybridized carbons (Fsp3) is 0.207. The molecule has 1 aliphatic rings. The summed E-state index contributed by atoms with van der Waals surface area (Å²) in [6, 6.07) is 13.6. The average molecular weight is 573 g/mol. The Bertz CT molecular complexity index is 1520. The van der Waals surface area contributed by atoms with Crippen molar-refractivity contribution in [3.63, 3.8) is 0 Å². The highest BCUT2D eigenvalue weighted by Gasteiger charge is 2.36. The number of benzene rings is 3. The highest BCUT2D eigenvalue weighted by Crippen LogP contribution is 2.39. The first-order valence-corrected chi connectivity index (χ1v) is 12.1. The van der Waals surface area contributed by atoms with Crippen molar-refractivity contribution >= 4 is 17.5 Å². The number of aliphatic hydroxyl groups excluding tert-OH is 1. The summed E-state index contributed by atoms with van der Waals surface area (Å²) in [7, 11) is 0. The molecular formula is C29H21F6N3O3. The third-order valence-electron chi connectivity index (χ3n) is 6.58. The van der Waals surface area contributed by atoms with Crippen LogP contribution in [0.2, 0.25) is 0 Å². The molecule has 3 aromatic carbocycles. The van der Waals surface area contributed by atoms with Gasteiger partial charge in [0, 0.05) is 18.5 Å². The highest BCUT2D eigenvalue weighted by atomic mass is 19.4. The molecule has 4 rings (SSSR count). The van der Waals surface area contributed by atoms with Crippen LogP contribution >= 0.6 is 0 Å². The first-order valence-electron chi connectivity index (χ1n) is 12.1. The maximum atomic E-state index is 13.3. The second kappa shape index (κ2) is 11.4. The molecule has 2 unspecified atom stereocenters. The molecule has 0 heterocycles. The van der Waals surface area contributed by atoms with E-state index in [0.717, 1.165) is 30.3 Å². The Morgan fingerprint density at radius 3 is 2.10 bits per heavy atom. The molecule has 3 N–H and O–H groups in total. The summed E-state index contributed by atoms with van der Waals surface area (Å²) < 4.78 is 78.1. The van der Waals surface area contributed by atoms with E-state index in [2.05, 4.69) is 10.6 Å². The van der Waals surface area contributed by atoms with Gasteiger partial charge in [-0.3, -0.25) is 4.79 Å². The van der Waals surface area contributed by atoms with Gasteiger partial charge in [-0.15, -0.1) is 0 Å². The number of carbonyl (C=O) groups excluding carboxylic acids is 2. The summed E-state index contributed by atoms with van der Waals surface area (Å²) >= 11 is 0. The van der Waals surface area contributed by atoms with Gasteiger partial charge in [0.25, 0.3) is 0 Å². The molecule has 6 nitrogen and oxygen atoms in total. The van der Waals surface area contributed by atoms with Gasteiger partial charge >= 0.3 is 18.4 Å². The molecule has 0 aliphatic heterocycles. The van der Waals surface area contributed by atoms with E-state index in [4.69, 9.17) is 5.26 Å². The smallest absolute Gasteiger partial charge is 0.416 e. The fourth-order valence-electron chi connectivity index (χ4n) is 4.56. The summed E-state index contributed by atoms with van der Waals surface area (Å²) in [5, 5.41) is 24.9. The van der Waals surface area contributed by atoms with Crippen LogP contribution < -0.4 is 10.6 Å². The Hall–Kier alpha value is -4.79. The van der Waals surface area contributed by atoms with Crippen molar-refractivity contribution in [2.75, 3.05) is 5.32 Å². The van der Waals surface area contributed by atoms with Crippen LogP contribution in [0.5, 0.6) is 0 Å². The van der Waals surface area contributed by atoms with E-state index in [1.54, 1.807) is 0 Å². The number of carbonyl (C=O) groups is 2. The number of nitrogens with zero attached hydrogens (tertiary/aromatic N) is 1. The Labute approximate surface area is 229 Å². The quantitative estimate of drug-likeness (QED) is 0.277. The van der Waals surface area contributed by atoms with Gasteiger partial charge in [0.15, 0.2) is 5.78 Å². The minimum atomic E-state index is -4.64. The number of halogens is 6. The second-order valence-corrected chi connectivity index (χ2v) is 9.35. The minimum Gasteiger partial charge on any atom is -0.512 e. The summed E-state index contributed by atoms with van der Waals surface area (Å²) in [6.45, 7) is 0. The second-order valence-electron chi connectivity index (χ2n) is 9.35. The Kier molecular flexibility index (Phi) is 8.10. The minimum absolute atomic E-state index is 0.115. The average Bonchev–Trinajstić information content (AvgIpc) is 2.91. The number of ketones is 1. The van der Waals surface area contributed by atoms with E-state index in [1.165, 1.54) is 42.5 Å². The Balaban J connectivity index is 1.62. The molecule has 41 heavy (non-hydrogen) atoms. The van der Waals surface area contributed by atoms with Crippen LogP contribution in [0.25, 0.3) is 0 Å². The maximum absolute atomic E-state index is 13.3. The van der Waals surface area contributed by atoms with Crippen LogP contribution in [0, 0.1) is 11.3 Å². The van der Waals surface area contributed by atoms with Crippen LogP contribution in [0.4, 0.5) is 36.8 Å². The van der Waals surface area contributed by atoms with Gasteiger partial charge < -0.3 is 15.7 Å². The Morgan fingerprint density at radius 1 is 0.902 bits per heavy atom.